The lowest BCUT2D eigenvalue weighted by Gasteiger charge is -2.46. The smallest absolute Gasteiger partial charge is 0.220 e. The summed E-state index contributed by atoms with van der Waals surface area (Å²) in [7, 11) is 0. The van der Waals surface area contributed by atoms with E-state index in [0.717, 1.165) is 64.2 Å². The molecule has 2 aliphatic heterocycles. The average Bonchev–Trinajstić information content (AvgIpc) is 3.32. The van der Waals surface area contributed by atoms with E-state index in [1.165, 1.54) is 77.0 Å². The fourth-order valence-electron chi connectivity index (χ4n) is 8.20. The number of aliphatic hydroxyl groups excluding tert-OH is 8. The van der Waals surface area contributed by atoms with E-state index in [9.17, 15) is 45.6 Å². The van der Waals surface area contributed by atoms with E-state index < -0.39 is 86.8 Å². The highest BCUT2D eigenvalue weighted by Crippen LogP contribution is 2.30. The number of nitrogens with one attached hydrogen (secondary N) is 1. The summed E-state index contributed by atoms with van der Waals surface area (Å²) >= 11 is 0. The van der Waals surface area contributed by atoms with Gasteiger partial charge < -0.3 is 65.1 Å². The molecule has 2 saturated heterocycles. The van der Waals surface area contributed by atoms with Gasteiger partial charge in [0.05, 0.1) is 32.0 Å². The molecule has 0 radical (unpaired) electrons. The predicted molar refractivity (Wildman–Crippen MR) is 263 cm³/mol. The molecule has 0 saturated carbocycles. The quantitative estimate of drug-likeness (QED) is 0.0223. The standard InChI is InChI=1S/C53H93NO13/c1-3-5-7-9-11-13-15-17-19-20-21-23-24-26-28-30-32-34-36-42(57)41(54-45(58)37-35-33-31-29-27-25-22-18-16-14-12-10-8-6-4-2)40-64-52-50(63)48(61)51(44(39-56)66-52)67-53-49(62)47(60)46(59)43(38-55)65-53/h6,8,12,14,18,22,26,28,34,36,41-44,46-53,55-57,59-63H,3-5,7,9-11,13,15-17,19-21,23-25,27,29-33,35,37-40H2,1-2H3,(H,54,58)/b8-6-,14-12-,22-18-,28-26+,36-34+. The highest BCUT2D eigenvalue weighted by molar-refractivity contribution is 5.76. The number of amides is 1. The molecule has 9 N–H and O–H groups in total. The SMILES string of the molecule is CC/C=C\C/C=C\C/C=C\CCCCCCCC(=O)NC(COC1OC(CO)C(OC2OC(CO)C(O)C(O)C2O)C(O)C1O)C(O)/C=C/CC/C=C/CCCCCCCCCCCCCC. The van der Waals surface area contributed by atoms with Crippen LogP contribution in [0.15, 0.2) is 60.8 Å². The minimum atomic E-state index is -1.79. The van der Waals surface area contributed by atoms with Crippen LogP contribution in [0, 0.1) is 0 Å². The first kappa shape index (κ1) is 60.8. The molecule has 0 aliphatic carbocycles. The molecule has 14 nitrogen and oxygen atoms in total. The molecular formula is C53H93NO13. The van der Waals surface area contributed by atoms with Crippen molar-refractivity contribution in [3.63, 3.8) is 0 Å². The Labute approximate surface area is 403 Å². The summed E-state index contributed by atoms with van der Waals surface area (Å²) in [5.74, 6) is -0.269. The predicted octanol–water partition coefficient (Wildman–Crippen LogP) is 7.05. The number of allylic oxidation sites excluding steroid dienone is 9. The molecule has 2 heterocycles. The number of aliphatic hydroxyl groups is 8. The summed E-state index contributed by atoms with van der Waals surface area (Å²) in [6, 6.07) is -0.942. The third-order valence-corrected chi connectivity index (χ3v) is 12.4. The van der Waals surface area contributed by atoms with E-state index in [2.05, 4.69) is 67.8 Å². The minimum absolute atomic E-state index is 0.251. The van der Waals surface area contributed by atoms with Crippen LogP contribution in [0.2, 0.25) is 0 Å². The van der Waals surface area contributed by atoms with E-state index in [4.69, 9.17) is 18.9 Å². The van der Waals surface area contributed by atoms with Crippen LogP contribution in [0.25, 0.3) is 0 Å². The van der Waals surface area contributed by atoms with Gasteiger partial charge in [0, 0.05) is 6.42 Å². The van der Waals surface area contributed by atoms with Crippen molar-refractivity contribution < 1.29 is 64.6 Å². The Morgan fingerprint density at radius 1 is 0.552 bits per heavy atom. The van der Waals surface area contributed by atoms with E-state index in [-0.39, 0.29) is 18.9 Å². The van der Waals surface area contributed by atoms with Gasteiger partial charge in [0.2, 0.25) is 5.91 Å². The Kier molecular flexibility index (Phi) is 35.8. The van der Waals surface area contributed by atoms with Crippen molar-refractivity contribution >= 4 is 5.91 Å². The molecule has 12 unspecified atom stereocenters. The van der Waals surface area contributed by atoms with E-state index >= 15 is 0 Å². The van der Waals surface area contributed by atoms with Crippen molar-refractivity contribution in [3.8, 4) is 0 Å². The molecule has 14 heteroatoms. The summed E-state index contributed by atoms with van der Waals surface area (Å²) in [6.07, 6.45) is 31.2. The minimum Gasteiger partial charge on any atom is -0.394 e. The maximum Gasteiger partial charge on any atom is 0.220 e. The fraction of sp³-hybridized carbons (Fsp3) is 0.792. The van der Waals surface area contributed by atoms with Crippen LogP contribution >= 0.6 is 0 Å². The molecule has 0 aromatic rings. The zero-order valence-electron chi connectivity index (χ0n) is 41.1. The summed E-state index contributed by atoms with van der Waals surface area (Å²) in [4.78, 5) is 13.2. The maximum absolute atomic E-state index is 13.2. The van der Waals surface area contributed by atoms with Crippen LogP contribution in [0.1, 0.15) is 174 Å². The number of hydrogen-bond acceptors (Lipinski definition) is 13. The van der Waals surface area contributed by atoms with Crippen LogP contribution in [0.5, 0.6) is 0 Å². The molecule has 67 heavy (non-hydrogen) atoms. The second-order valence-corrected chi connectivity index (χ2v) is 18.3. The van der Waals surface area contributed by atoms with Gasteiger partial charge in [0.25, 0.3) is 0 Å². The Morgan fingerprint density at radius 2 is 1.04 bits per heavy atom. The molecule has 0 spiro atoms. The average molecular weight is 952 g/mol. The molecule has 0 aromatic heterocycles. The number of carbonyl (C=O) groups excluding carboxylic acids is 1. The molecule has 2 aliphatic rings. The van der Waals surface area contributed by atoms with Gasteiger partial charge in [-0.1, -0.05) is 164 Å². The van der Waals surface area contributed by atoms with Crippen molar-refractivity contribution in [3.05, 3.63) is 60.8 Å². The van der Waals surface area contributed by atoms with Gasteiger partial charge in [-0.2, -0.15) is 0 Å². The third kappa shape index (κ3) is 26.5. The third-order valence-electron chi connectivity index (χ3n) is 12.4. The molecule has 0 aromatic carbocycles. The number of rotatable bonds is 39. The van der Waals surface area contributed by atoms with Gasteiger partial charge >= 0.3 is 0 Å². The van der Waals surface area contributed by atoms with Crippen molar-refractivity contribution in [1.29, 1.82) is 0 Å². The van der Waals surface area contributed by atoms with Gasteiger partial charge in [-0.25, -0.2) is 0 Å². The molecule has 1 amide bonds. The first-order chi connectivity index (χ1) is 32.6. The lowest BCUT2D eigenvalue weighted by Crippen LogP contribution is -2.65. The normalized spacial score (nSPS) is 27.1. The Balaban J connectivity index is 1.87. The summed E-state index contributed by atoms with van der Waals surface area (Å²) in [5, 5.41) is 86.7. The van der Waals surface area contributed by atoms with E-state index in [1.807, 2.05) is 6.08 Å². The second-order valence-electron chi connectivity index (χ2n) is 18.3. The molecule has 388 valence electrons. The largest absolute Gasteiger partial charge is 0.394 e. The Morgan fingerprint density at radius 3 is 1.64 bits per heavy atom. The molecule has 2 rings (SSSR count). The lowest BCUT2D eigenvalue weighted by molar-refractivity contribution is -0.359. The van der Waals surface area contributed by atoms with Crippen LogP contribution in [-0.4, -0.2) is 140 Å². The topological polar surface area (TPSA) is 228 Å². The van der Waals surface area contributed by atoms with Gasteiger partial charge in [-0.05, 0) is 64.2 Å². The fourth-order valence-corrected chi connectivity index (χ4v) is 8.20. The first-order valence-corrected chi connectivity index (χ1v) is 26.0. The highest BCUT2D eigenvalue weighted by atomic mass is 16.7. The van der Waals surface area contributed by atoms with Gasteiger partial charge in [-0.15, -0.1) is 0 Å². The van der Waals surface area contributed by atoms with E-state index in [0.29, 0.717) is 12.8 Å². The van der Waals surface area contributed by atoms with Crippen LogP contribution in [0.4, 0.5) is 0 Å². The van der Waals surface area contributed by atoms with E-state index in [1.54, 1.807) is 6.08 Å². The maximum atomic E-state index is 13.2. The van der Waals surface area contributed by atoms with Crippen molar-refractivity contribution in [2.24, 2.45) is 0 Å². The van der Waals surface area contributed by atoms with Crippen LogP contribution in [-0.2, 0) is 23.7 Å². The zero-order valence-corrected chi connectivity index (χ0v) is 41.1. The summed E-state index contributed by atoms with van der Waals surface area (Å²) < 4.78 is 22.7. The molecule has 0 bridgehead atoms. The Hall–Kier alpha value is -2.31. The van der Waals surface area contributed by atoms with Crippen LogP contribution in [0.3, 0.4) is 0 Å². The molecule has 2 fully saturated rings. The number of carbonyl (C=O) groups is 1. The summed E-state index contributed by atoms with van der Waals surface area (Å²) in [5.41, 5.74) is 0. The number of ether oxygens (including phenoxy) is 4. The zero-order chi connectivity index (χ0) is 48.9. The van der Waals surface area contributed by atoms with Crippen molar-refractivity contribution in [2.75, 3.05) is 19.8 Å². The van der Waals surface area contributed by atoms with Crippen LogP contribution < -0.4 is 5.32 Å². The molecule has 12 atom stereocenters. The summed E-state index contributed by atoms with van der Waals surface area (Å²) in [6.45, 7) is 2.63. The van der Waals surface area contributed by atoms with Crippen molar-refractivity contribution in [2.45, 2.75) is 248 Å². The van der Waals surface area contributed by atoms with Gasteiger partial charge in [0.1, 0.15) is 48.8 Å². The molecular weight excluding hydrogens is 859 g/mol. The highest BCUT2D eigenvalue weighted by Gasteiger charge is 2.51. The number of hydrogen-bond donors (Lipinski definition) is 9. The second kappa shape index (κ2) is 39.4. The van der Waals surface area contributed by atoms with Crippen molar-refractivity contribution in [1.82, 2.24) is 5.32 Å². The number of unbranched alkanes of at least 4 members (excludes halogenated alkanes) is 18. The first-order valence-electron chi connectivity index (χ1n) is 26.0. The Bertz CT molecular complexity index is 1360. The van der Waals surface area contributed by atoms with Gasteiger partial charge in [0.15, 0.2) is 12.6 Å². The van der Waals surface area contributed by atoms with Gasteiger partial charge in [-0.3, -0.25) is 4.79 Å². The lowest BCUT2D eigenvalue weighted by atomic mass is 9.97. The monoisotopic (exact) mass is 952 g/mol.